The van der Waals surface area contributed by atoms with Gasteiger partial charge in [0.05, 0.1) is 6.61 Å². The van der Waals surface area contributed by atoms with Crippen LogP contribution in [0, 0.1) is 5.92 Å². The highest BCUT2D eigenvalue weighted by Crippen LogP contribution is 2.25. The summed E-state index contributed by atoms with van der Waals surface area (Å²) in [6.45, 7) is 4.89. The van der Waals surface area contributed by atoms with Gasteiger partial charge in [0.15, 0.2) is 0 Å². The molecule has 1 saturated carbocycles. The molecule has 7 heteroatoms. The molecule has 20 heavy (non-hydrogen) atoms. The Bertz CT molecular complexity index is 427. The van der Waals surface area contributed by atoms with Gasteiger partial charge in [0, 0.05) is 6.04 Å². The molecule has 1 aromatic rings. The van der Waals surface area contributed by atoms with Crippen LogP contribution in [-0.4, -0.2) is 27.6 Å². The maximum atomic E-state index is 5.45. The summed E-state index contributed by atoms with van der Waals surface area (Å²) in [7, 11) is 0. The molecule has 0 aromatic carbocycles. The standard InChI is InChI=1S/C13H24N6O/c1-3-7-20-13-17-11(16-12(18-13)19-14)15-10-6-4-5-9(2)8-10/h9-10H,3-8,14H2,1-2H3,(H2,15,16,17,18,19). The van der Waals surface area contributed by atoms with Crippen LogP contribution < -0.4 is 21.3 Å². The highest BCUT2D eigenvalue weighted by molar-refractivity contribution is 5.35. The summed E-state index contributed by atoms with van der Waals surface area (Å²) in [5.41, 5.74) is 2.45. The monoisotopic (exact) mass is 280 g/mol. The van der Waals surface area contributed by atoms with E-state index in [-0.39, 0.29) is 0 Å². The number of nitrogens with one attached hydrogen (secondary N) is 2. The molecular weight excluding hydrogens is 256 g/mol. The highest BCUT2D eigenvalue weighted by atomic mass is 16.5. The normalized spacial score (nSPS) is 22.4. The van der Waals surface area contributed by atoms with E-state index in [1.807, 2.05) is 6.92 Å². The van der Waals surface area contributed by atoms with E-state index in [0.717, 1.165) is 25.2 Å². The number of aromatic nitrogens is 3. The zero-order chi connectivity index (χ0) is 14.4. The van der Waals surface area contributed by atoms with E-state index in [2.05, 4.69) is 32.6 Å². The van der Waals surface area contributed by atoms with Crippen LogP contribution in [0.15, 0.2) is 0 Å². The van der Waals surface area contributed by atoms with Crippen molar-refractivity contribution in [1.82, 2.24) is 15.0 Å². The Hall–Kier alpha value is -1.63. The van der Waals surface area contributed by atoms with Crippen molar-refractivity contribution < 1.29 is 4.74 Å². The Balaban J connectivity index is 2.05. The zero-order valence-electron chi connectivity index (χ0n) is 12.2. The minimum atomic E-state index is 0.307. The van der Waals surface area contributed by atoms with E-state index in [1.54, 1.807) is 0 Å². The first-order valence-electron chi connectivity index (χ1n) is 7.33. The molecular formula is C13H24N6O. The second-order valence-electron chi connectivity index (χ2n) is 5.37. The number of nitrogen functional groups attached to an aromatic ring is 1. The van der Waals surface area contributed by atoms with Crippen LogP contribution in [-0.2, 0) is 0 Å². The number of anilines is 2. The lowest BCUT2D eigenvalue weighted by atomic mass is 9.87. The van der Waals surface area contributed by atoms with Crippen molar-refractivity contribution in [3.63, 3.8) is 0 Å². The SMILES string of the molecule is CCCOc1nc(NN)nc(NC2CCCC(C)C2)n1. The number of hydrogen-bond acceptors (Lipinski definition) is 7. The molecule has 4 N–H and O–H groups in total. The fourth-order valence-corrected chi connectivity index (χ4v) is 2.49. The molecule has 2 rings (SSSR count). The summed E-state index contributed by atoms with van der Waals surface area (Å²) >= 11 is 0. The Morgan fingerprint density at radius 2 is 2.05 bits per heavy atom. The van der Waals surface area contributed by atoms with Gasteiger partial charge in [-0.2, -0.15) is 15.0 Å². The predicted octanol–water partition coefficient (Wildman–Crippen LogP) is 1.94. The first-order valence-corrected chi connectivity index (χ1v) is 7.33. The molecule has 1 aromatic heterocycles. The van der Waals surface area contributed by atoms with Crippen LogP contribution in [0.25, 0.3) is 0 Å². The van der Waals surface area contributed by atoms with Crippen LogP contribution in [0.3, 0.4) is 0 Å². The number of rotatable bonds is 6. The number of hydrazine groups is 1. The average molecular weight is 280 g/mol. The molecule has 0 amide bonds. The smallest absolute Gasteiger partial charge is 0.323 e. The van der Waals surface area contributed by atoms with Gasteiger partial charge >= 0.3 is 6.01 Å². The lowest BCUT2D eigenvalue weighted by Crippen LogP contribution is -2.27. The molecule has 7 nitrogen and oxygen atoms in total. The van der Waals surface area contributed by atoms with E-state index in [9.17, 15) is 0 Å². The van der Waals surface area contributed by atoms with Crippen molar-refractivity contribution >= 4 is 11.9 Å². The topological polar surface area (TPSA) is 98.0 Å². The van der Waals surface area contributed by atoms with E-state index in [4.69, 9.17) is 10.6 Å². The summed E-state index contributed by atoms with van der Waals surface area (Å²) in [5.74, 6) is 6.97. The van der Waals surface area contributed by atoms with Gasteiger partial charge in [0.2, 0.25) is 11.9 Å². The molecule has 1 heterocycles. The van der Waals surface area contributed by atoms with Crippen molar-refractivity contribution in [2.75, 3.05) is 17.3 Å². The van der Waals surface area contributed by atoms with Crippen molar-refractivity contribution in [1.29, 1.82) is 0 Å². The van der Waals surface area contributed by atoms with Gasteiger partial charge < -0.3 is 10.1 Å². The maximum Gasteiger partial charge on any atom is 0.323 e. The summed E-state index contributed by atoms with van der Waals surface area (Å²) in [6, 6.07) is 0.715. The van der Waals surface area contributed by atoms with Gasteiger partial charge in [0.1, 0.15) is 0 Å². The predicted molar refractivity (Wildman–Crippen MR) is 78.5 cm³/mol. The molecule has 1 fully saturated rings. The molecule has 1 aliphatic carbocycles. The molecule has 1 aliphatic rings. The fraction of sp³-hybridized carbons (Fsp3) is 0.769. The number of nitrogens with two attached hydrogens (primary N) is 1. The van der Waals surface area contributed by atoms with Crippen molar-refractivity contribution in [2.45, 2.75) is 52.0 Å². The Morgan fingerprint density at radius 1 is 1.25 bits per heavy atom. The third-order valence-corrected chi connectivity index (χ3v) is 3.45. The summed E-state index contributed by atoms with van der Waals surface area (Å²) in [4.78, 5) is 12.6. The minimum absolute atomic E-state index is 0.307. The molecule has 0 spiro atoms. The molecule has 0 radical (unpaired) electrons. The van der Waals surface area contributed by atoms with Crippen LogP contribution in [0.4, 0.5) is 11.9 Å². The van der Waals surface area contributed by atoms with Crippen molar-refractivity contribution in [3.05, 3.63) is 0 Å². The Kier molecular flexibility index (Phi) is 5.34. The molecule has 2 unspecified atom stereocenters. The van der Waals surface area contributed by atoms with Gasteiger partial charge in [-0.25, -0.2) is 5.84 Å². The van der Waals surface area contributed by atoms with Crippen LogP contribution in [0.2, 0.25) is 0 Å². The van der Waals surface area contributed by atoms with E-state index < -0.39 is 0 Å². The lowest BCUT2D eigenvalue weighted by Gasteiger charge is -2.27. The van der Waals surface area contributed by atoms with Gasteiger partial charge in [-0.1, -0.05) is 26.7 Å². The quantitative estimate of drug-likeness (QED) is 0.541. The summed E-state index contributed by atoms with van der Waals surface area (Å²) in [6.07, 6.45) is 5.73. The zero-order valence-corrected chi connectivity index (χ0v) is 12.2. The second kappa shape index (κ2) is 7.23. The molecule has 112 valence electrons. The minimum Gasteiger partial charge on any atom is -0.463 e. The molecule has 0 bridgehead atoms. The average Bonchev–Trinajstić information content (AvgIpc) is 2.45. The largest absolute Gasteiger partial charge is 0.463 e. The highest BCUT2D eigenvalue weighted by Gasteiger charge is 2.20. The van der Waals surface area contributed by atoms with Crippen molar-refractivity contribution in [2.24, 2.45) is 11.8 Å². The first-order chi connectivity index (χ1) is 9.71. The lowest BCUT2D eigenvalue weighted by molar-refractivity contribution is 0.291. The molecule has 0 saturated heterocycles. The van der Waals surface area contributed by atoms with Crippen LogP contribution >= 0.6 is 0 Å². The van der Waals surface area contributed by atoms with E-state index in [0.29, 0.717) is 30.6 Å². The van der Waals surface area contributed by atoms with Gasteiger partial charge in [0.25, 0.3) is 0 Å². The summed E-state index contributed by atoms with van der Waals surface area (Å²) in [5, 5.41) is 3.37. The van der Waals surface area contributed by atoms with Gasteiger partial charge in [-0.05, 0) is 25.2 Å². The molecule has 0 aliphatic heterocycles. The first kappa shape index (κ1) is 14.8. The Labute approximate surface area is 119 Å². The maximum absolute atomic E-state index is 5.45. The van der Waals surface area contributed by atoms with Gasteiger partial charge in [-0.15, -0.1) is 0 Å². The van der Waals surface area contributed by atoms with Crippen LogP contribution in [0.1, 0.15) is 46.0 Å². The molecule has 2 atom stereocenters. The fourth-order valence-electron chi connectivity index (χ4n) is 2.49. The van der Waals surface area contributed by atoms with E-state index >= 15 is 0 Å². The van der Waals surface area contributed by atoms with Crippen molar-refractivity contribution in [3.8, 4) is 6.01 Å². The van der Waals surface area contributed by atoms with Crippen LogP contribution in [0.5, 0.6) is 6.01 Å². The number of nitrogens with zero attached hydrogens (tertiary/aromatic N) is 3. The number of ether oxygens (including phenoxy) is 1. The number of hydrogen-bond donors (Lipinski definition) is 3. The third-order valence-electron chi connectivity index (χ3n) is 3.45. The second-order valence-corrected chi connectivity index (χ2v) is 5.37. The van der Waals surface area contributed by atoms with Gasteiger partial charge in [-0.3, -0.25) is 5.43 Å². The third kappa shape index (κ3) is 4.19. The Morgan fingerprint density at radius 3 is 2.75 bits per heavy atom. The summed E-state index contributed by atoms with van der Waals surface area (Å²) < 4.78 is 5.45. The van der Waals surface area contributed by atoms with E-state index in [1.165, 1.54) is 12.8 Å².